The van der Waals surface area contributed by atoms with E-state index in [2.05, 4.69) is 0 Å². The molecule has 26 heavy (non-hydrogen) atoms. The molecular weight excluding hydrogens is 361 g/mol. The molecule has 0 aliphatic rings. The zero-order valence-corrected chi connectivity index (χ0v) is 17.0. The van der Waals surface area contributed by atoms with Gasteiger partial charge in [0.2, 0.25) is 0 Å². The van der Waals surface area contributed by atoms with E-state index in [1.165, 1.54) is 0 Å². The molecule has 7 heteroatoms. The molecule has 1 rings (SSSR count). The largest absolute Gasteiger partial charge is 0.399 e. The van der Waals surface area contributed by atoms with Crippen molar-refractivity contribution in [2.75, 3.05) is 19.8 Å². The Morgan fingerprint density at radius 3 is 2.04 bits per heavy atom. The summed E-state index contributed by atoms with van der Waals surface area (Å²) in [5.74, 6) is -0.0352. The van der Waals surface area contributed by atoms with Crippen LogP contribution in [-0.4, -0.2) is 25.5 Å². The molecule has 0 N–H and O–H groups in total. The lowest BCUT2D eigenvalue weighted by Gasteiger charge is -2.27. The van der Waals surface area contributed by atoms with Gasteiger partial charge < -0.3 is 13.8 Å². The molecule has 0 unspecified atom stereocenters. The van der Waals surface area contributed by atoms with Crippen molar-refractivity contribution >= 4 is 7.60 Å². The third kappa shape index (κ3) is 8.26. The van der Waals surface area contributed by atoms with E-state index in [0.717, 1.165) is 5.56 Å². The fraction of sp³-hybridized carbons (Fsp3) is 0.684. The molecule has 4 nitrogen and oxygen atoms in total. The second-order valence-electron chi connectivity index (χ2n) is 7.18. The Labute approximate surface area is 155 Å². The van der Waals surface area contributed by atoms with Crippen molar-refractivity contribution in [2.45, 2.75) is 52.8 Å². The number of benzene rings is 1. The van der Waals surface area contributed by atoms with Gasteiger partial charge in [-0.15, -0.1) is 0 Å². The highest BCUT2D eigenvalue weighted by Crippen LogP contribution is 2.64. The van der Waals surface area contributed by atoms with Gasteiger partial charge in [-0.1, -0.05) is 58.0 Å². The number of hydrogen-bond acceptors (Lipinski definition) is 4. The summed E-state index contributed by atoms with van der Waals surface area (Å²) in [7, 11) is -4.53. The summed E-state index contributed by atoms with van der Waals surface area (Å²) in [6, 6.07) is 9.49. The molecule has 0 radical (unpaired) electrons. The zero-order chi connectivity index (χ0) is 19.6. The van der Waals surface area contributed by atoms with Gasteiger partial charge in [-0.2, -0.15) is 8.78 Å². The van der Waals surface area contributed by atoms with E-state index < -0.39 is 19.7 Å². The van der Waals surface area contributed by atoms with Crippen LogP contribution in [0, 0.1) is 11.8 Å². The number of rotatable bonds is 13. The fourth-order valence-corrected chi connectivity index (χ4v) is 3.88. The molecule has 0 amide bonds. The molecule has 0 saturated carbocycles. The molecule has 1 aromatic rings. The number of alkyl halides is 2. The minimum atomic E-state index is -4.53. The van der Waals surface area contributed by atoms with Crippen LogP contribution in [0.1, 0.15) is 46.1 Å². The first kappa shape index (κ1) is 23.2. The molecule has 0 aromatic heterocycles. The van der Waals surface area contributed by atoms with Gasteiger partial charge in [-0.25, -0.2) is 0 Å². The lowest BCUT2D eigenvalue weighted by atomic mass is 10.2. The molecule has 0 saturated heterocycles. The minimum Gasteiger partial charge on any atom is -0.377 e. The second-order valence-corrected chi connectivity index (χ2v) is 9.35. The summed E-state index contributed by atoms with van der Waals surface area (Å²) >= 11 is 0. The predicted octanol–water partition coefficient (Wildman–Crippen LogP) is 6.11. The van der Waals surface area contributed by atoms with Crippen molar-refractivity contribution in [3.63, 3.8) is 0 Å². The summed E-state index contributed by atoms with van der Waals surface area (Å²) in [5.41, 5.74) is -2.56. The van der Waals surface area contributed by atoms with Crippen molar-refractivity contribution in [3.8, 4) is 0 Å². The van der Waals surface area contributed by atoms with Gasteiger partial charge in [-0.3, -0.25) is 4.57 Å². The monoisotopic (exact) mass is 392 g/mol. The molecule has 0 bridgehead atoms. The highest BCUT2D eigenvalue weighted by Gasteiger charge is 2.53. The summed E-state index contributed by atoms with van der Waals surface area (Å²) in [4.78, 5) is 0. The van der Waals surface area contributed by atoms with E-state index in [1.54, 1.807) is 0 Å². The Morgan fingerprint density at radius 2 is 1.54 bits per heavy atom. The first-order valence-corrected chi connectivity index (χ1v) is 10.6. The van der Waals surface area contributed by atoms with Crippen LogP contribution in [0.25, 0.3) is 0 Å². The van der Waals surface area contributed by atoms with Crippen LogP contribution in [0.3, 0.4) is 0 Å². The van der Waals surface area contributed by atoms with Crippen LogP contribution in [0.4, 0.5) is 8.78 Å². The highest BCUT2D eigenvalue weighted by atomic mass is 31.2. The molecule has 150 valence electrons. The van der Waals surface area contributed by atoms with E-state index >= 15 is 0 Å². The first-order chi connectivity index (χ1) is 12.2. The van der Waals surface area contributed by atoms with Crippen molar-refractivity contribution in [3.05, 3.63) is 35.9 Å². The van der Waals surface area contributed by atoms with Crippen molar-refractivity contribution in [1.29, 1.82) is 0 Å². The average molecular weight is 392 g/mol. The van der Waals surface area contributed by atoms with Crippen molar-refractivity contribution in [1.82, 2.24) is 0 Å². The molecular formula is C19H31F2O4P. The maximum Gasteiger partial charge on any atom is 0.399 e. The number of hydrogen-bond donors (Lipinski definition) is 0. The molecule has 0 aliphatic heterocycles. The summed E-state index contributed by atoms with van der Waals surface area (Å²) in [6.07, 6.45) is -0.533. The Morgan fingerprint density at radius 1 is 1.00 bits per heavy atom. The maximum atomic E-state index is 14.6. The summed E-state index contributed by atoms with van der Waals surface area (Å²) in [6.45, 7) is 7.68. The third-order valence-electron chi connectivity index (χ3n) is 3.43. The molecule has 0 atom stereocenters. The number of halogens is 2. The SMILES string of the molecule is CC(C)COP(=O)(OCC(C)C)C(F)(F)CCCOCc1ccccc1. The lowest BCUT2D eigenvalue weighted by Crippen LogP contribution is -2.23. The lowest BCUT2D eigenvalue weighted by molar-refractivity contribution is 0.0138. The van der Waals surface area contributed by atoms with Gasteiger partial charge in [0, 0.05) is 13.0 Å². The van der Waals surface area contributed by atoms with Gasteiger partial charge in [-0.05, 0) is 23.8 Å². The third-order valence-corrected chi connectivity index (χ3v) is 5.44. The van der Waals surface area contributed by atoms with Gasteiger partial charge in [0.1, 0.15) is 0 Å². The Bertz CT molecular complexity index is 534. The topological polar surface area (TPSA) is 44.8 Å². The van der Waals surface area contributed by atoms with Crippen LogP contribution in [0.15, 0.2) is 30.3 Å². The fourth-order valence-electron chi connectivity index (χ4n) is 2.01. The van der Waals surface area contributed by atoms with E-state index in [4.69, 9.17) is 13.8 Å². The normalized spacial score (nSPS) is 12.9. The summed E-state index contributed by atoms with van der Waals surface area (Å²) < 4.78 is 57.4. The van der Waals surface area contributed by atoms with E-state index in [9.17, 15) is 13.3 Å². The van der Waals surface area contributed by atoms with Crippen molar-refractivity contribution in [2.24, 2.45) is 11.8 Å². The first-order valence-electron chi connectivity index (χ1n) is 9.05. The Kier molecular flexibility index (Phi) is 9.94. The molecule has 0 aliphatic carbocycles. The van der Waals surface area contributed by atoms with Crippen molar-refractivity contribution < 1.29 is 27.1 Å². The van der Waals surface area contributed by atoms with E-state index in [0.29, 0.717) is 6.61 Å². The zero-order valence-electron chi connectivity index (χ0n) is 16.1. The molecule has 1 aromatic carbocycles. The van der Waals surface area contributed by atoms with Crippen LogP contribution in [0.5, 0.6) is 0 Å². The van der Waals surface area contributed by atoms with Gasteiger partial charge in [0.05, 0.1) is 19.8 Å². The quantitative estimate of drug-likeness (QED) is 0.300. The Hall–Kier alpha value is -0.810. The average Bonchev–Trinajstić information content (AvgIpc) is 2.58. The smallest absolute Gasteiger partial charge is 0.377 e. The van der Waals surface area contributed by atoms with Crippen LogP contribution < -0.4 is 0 Å². The minimum absolute atomic E-state index is 0.0176. The summed E-state index contributed by atoms with van der Waals surface area (Å²) in [5, 5.41) is 0. The number of ether oxygens (including phenoxy) is 1. The van der Waals surface area contributed by atoms with Gasteiger partial charge in [0.25, 0.3) is 0 Å². The van der Waals surface area contributed by atoms with Crippen LogP contribution >= 0.6 is 7.60 Å². The standard InChI is InChI=1S/C19H31F2O4P/c1-16(2)13-24-26(22,25-14-17(3)4)19(20,21)11-8-12-23-15-18-9-6-5-7-10-18/h5-7,9-10,16-17H,8,11-15H2,1-4H3. The van der Waals surface area contributed by atoms with E-state index in [-0.39, 0.29) is 38.1 Å². The van der Waals surface area contributed by atoms with Crippen LogP contribution in [0.2, 0.25) is 0 Å². The highest BCUT2D eigenvalue weighted by molar-refractivity contribution is 7.55. The molecule has 0 fully saturated rings. The van der Waals surface area contributed by atoms with E-state index in [1.807, 2.05) is 58.0 Å². The van der Waals surface area contributed by atoms with Crippen LogP contribution in [-0.2, 0) is 25.0 Å². The van der Waals surface area contributed by atoms with Gasteiger partial charge in [0.15, 0.2) is 0 Å². The predicted molar refractivity (Wildman–Crippen MR) is 99.5 cm³/mol. The Balaban J connectivity index is 2.53. The maximum absolute atomic E-state index is 14.6. The second kappa shape index (κ2) is 11.1. The van der Waals surface area contributed by atoms with Gasteiger partial charge >= 0.3 is 13.3 Å². The molecule has 0 heterocycles. The molecule has 0 spiro atoms.